The van der Waals surface area contributed by atoms with Crippen LogP contribution in [0, 0.1) is 6.92 Å². The Morgan fingerprint density at radius 3 is 2.59 bits per heavy atom. The third-order valence-corrected chi connectivity index (χ3v) is 5.23. The van der Waals surface area contributed by atoms with Crippen LogP contribution in [0.25, 0.3) is 0 Å². The van der Waals surface area contributed by atoms with Crippen molar-refractivity contribution >= 4 is 27.3 Å². The molecule has 1 saturated heterocycles. The molecule has 116 valence electrons. The Morgan fingerprint density at radius 1 is 1.32 bits per heavy atom. The van der Waals surface area contributed by atoms with Gasteiger partial charge in [0.2, 0.25) is 15.8 Å². The van der Waals surface area contributed by atoms with Crippen LogP contribution >= 0.6 is 0 Å². The Balaban J connectivity index is 1.73. The number of carbonyl (C=O) groups is 1. The van der Waals surface area contributed by atoms with E-state index in [-0.39, 0.29) is 11.5 Å². The molecule has 1 amide bonds. The Morgan fingerprint density at radius 2 is 2.05 bits per heavy atom. The van der Waals surface area contributed by atoms with Crippen LogP contribution in [0.2, 0.25) is 0 Å². The van der Waals surface area contributed by atoms with E-state index in [9.17, 15) is 13.2 Å². The van der Waals surface area contributed by atoms with Crippen LogP contribution in [0.15, 0.2) is 34.9 Å². The molecule has 0 atom stereocenters. The molecule has 0 unspecified atom stereocenters. The standard InChI is InChI=1S/C14H15N3O4S/c1-10-9-13(21-16-10)14(18)15-11-3-5-12(6-4-11)17-7-2-8-22(17,19)20/h3-6,9H,2,7-8H2,1H3,(H,15,18). The van der Waals surface area contributed by atoms with Gasteiger partial charge in [0.25, 0.3) is 5.91 Å². The first kappa shape index (κ1) is 14.6. The van der Waals surface area contributed by atoms with Gasteiger partial charge in [-0.15, -0.1) is 0 Å². The second kappa shape index (κ2) is 5.45. The molecule has 0 spiro atoms. The van der Waals surface area contributed by atoms with Gasteiger partial charge in [0.15, 0.2) is 0 Å². The summed E-state index contributed by atoms with van der Waals surface area (Å²) in [5.41, 5.74) is 1.78. The minimum atomic E-state index is -3.19. The molecule has 1 N–H and O–H groups in total. The lowest BCUT2D eigenvalue weighted by atomic mass is 10.2. The highest BCUT2D eigenvalue weighted by Crippen LogP contribution is 2.25. The number of aromatic nitrogens is 1. The zero-order valence-electron chi connectivity index (χ0n) is 11.9. The molecule has 1 fully saturated rings. The van der Waals surface area contributed by atoms with Gasteiger partial charge in [0.05, 0.1) is 17.1 Å². The van der Waals surface area contributed by atoms with Crippen molar-refractivity contribution in [2.45, 2.75) is 13.3 Å². The highest BCUT2D eigenvalue weighted by Gasteiger charge is 2.28. The SMILES string of the molecule is Cc1cc(C(=O)Nc2ccc(N3CCCS3(=O)=O)cc2)on1. The van der Waals surface area contributed by atoms with Gasteiger partial charge in [-0.2, -0.15) is 0 Å². The van der Waals surface area contributed by atoms with Crippen molar-refractivity contribution in [3.05, 3.63) is 41.8 Å². The number of hydrogen-bond donors (Lipinski definition) is 1. The molecular formula is C14H15N3O4S. The van der Waals surface area contributed by atoms with Gasteiger partial charge >= 0.3 is 0 Å². The third-order valence-electron chi connectivity index (χ3n) is 3.36. The van der Waals surface area contributed by atoms with E-state index in [0.29, 0.717) is 30.0 Å². The zero-order valence-corrected chi connectivity index (χ0v) is 12.8. The molecule has 0 saturated carbocycles. The van der Waals surface area contributed by atoms with Crippen LogP contribution in [0.3, 0.4) is 0 Å². The smallest absolute Gasteiger partial charge is 0.294 e. The maximum atomic E-state index is 11.9. The lowest BCUT2D eigenvalue weighted by molar-refractivity contribution is 0.0988. The molecule has 1 aliphatic rings. The van der Waals surface area contributed by atoms with Gasteiger partial charge in [-0.3, -0.25) is 9.10 Å². The van der Waals surface area contributed by atoms with Crippen molar-refractivity contribution in [3.63, 3.8) is 0 Å². The zero-order chi connectivity index (χ0) is 15.7. The van der Waals surface area contributed by atoms with E-state index in [4.69, 9.17) is 4.52 Å². The van der Waals surface area contributed by atoms with E-state index < -0.39 is 15.9 Å². The van der Waals surface area contributed by atoms with Crippen molar-refractivity contribution in [3.8, 4) is 0 Å². The number of nitrogens with zero attached hydrogens (tertiary/aromatic N) is 2. The molecule has 2 heterocycles. The van der Waals surface area contributed by atoms with Crippen LogP contribution in [0.5, 0.6) is 0 Å². The molecule has 1 aromatic heterocycles. The quantitative estimate of drug-likeness (QED) is 0.930. The van der Waals surface area contributed by atoms with Gasteiger partial charge in [-0.05, 0) is 37.6 Å². The first-order valence-corrected chi connectivity index (χ1v) is 8.42. The van der Waals surface area contributed by atoms with Gasteiger partial charge in [0, 0.05) is 18.3 Å². The molecule has 22 heavy (non-hydrogen) atoms. The molecular weight excluding hydrogens is 306 g/mol. The summed E-state index contributed by atoms with van der Waals surface area (Å²) in [5, 5.41) is 6.32. The third kappa shape index (κ3) is 2.82. The van der Waals surface area contributed by atoms with Gasteiger partial charge in [0.1, 0.15) is 0 Å². The Kier molecular flexibility index (Phi) is 3.61. The van der Waals surface area contributed by atoms with E-state index in [1.165, 1.54) is 4.31 Å². The molecule has 0 bridgehead atoms. The first-order valence-electron chi connectivity index (χ1n) is 6.81. The summed E-state index contributed by atoms with van der Waals surface area (Å²) in [6.07, 6.45) is 0.631. The van der Waals surface area contributed by atoms with Crippen LogP contribution in [0.1, 0.15) is 22.7 Å². The first-order chi connectivity index (χ1) is 10.5. The molecule has 1 aromatic carbocycles. The summed E-state index contributed by atoms with van der Waals surface area (Å²) < 4.78 is 30.0. The van der Waals surface area contributed by atoms with Crippen molar-refractivity contribution in [2.24, 2.45) is 0 Å². The van der Waals surface area contributed by atoms with Crippen molar-refractivity contribution in [1.29, 1.82) is 0 Å². The van der Waals surface area contributed by atoms with Crippen molar-refractivity contribution < 1.29 is 17.7 Å². The lowest BCUT2D eigenvalue weighted by Crippen LogP contribution is -2.24. The fourth-order valence-electron chi connectivity index (χ4n) is 2.30. The number of amides is 1. The summed E-state index contributed by atoms with van der Waals surface area (Å²) in [6, 6.07) is 8.20. The fourth-order valence-corrected chi connectivity index (χ4v) is 3.87. The molecule has 0 aliphatic carbocycles. The van der Waals surface area contributed by atoms with E-state index in [0.717, 1.165) is 0 Å². The second-order valence-electron chi connectivity index (χ2n) is 5.08. The molecule has 0 radical (unpaired) electrons. The fraction of sp³-hybridized carbons (Fsp3) is 0.286. The van der Waals surface area contributed by atoms with Crippen LogP contribution < -0.4 is 9.62 Å². The number of rotatable bonds is 3. The van der Waals surface area contributed by atoms with Crippen molar-refractivity contribution in [1.82, 2.24) is 5.16 Å². The van der Waals surface area contributed by atoms with Gasteiger partial charge < -0.3 is 9.84 Å². The predicted molar refractivity (Wildman–Crippen MR) is 81.4 cm³/mol. The topological polar surface area (TPSA) is 92.5 Å². The molecule has 7 nitrogen and oxygen atoms in total. The minimum absolute atomic E-state index is 0.128. The second-order valence-corrected chi connectivity index (χ2v) is 7.09. The highest BCUT2D eigenvalue weighted by atomic mass is 32.2. The number of aryl methyl sites for hydroxylation is 1. The minimum Gasteiger partial charge on any atom is -0.351 e. The molecule has 8 heteroatoms. The number of carbonyl (C=O) groups excluding carboxylic acids is 1. The van der Waals surface area contributed by atoms with Crippen LogP contribution in [0.4, 0.5) is 11.4 Å². The number of benzene rings is 1. The number of anilines is 2. The summed E-state index contributed by atoms with van der Waals surface area (Å²) in [6.45, 7) is 2.22. The number of hydrogen-bond acceptors (Lipinski definition) is 5. The predicted octanol–water partition coefficient (Wildman–Crippen LogP) is 1.78. The summed E-state index contributed by atoms with van der Waals surface area (Å²) in [5.74, 6) is -0.0955. The normalized spacial score (nSPS) is 16.7. The average Bonchev–Trinajstić information content (AvgIpc) is 3.05. The monoisotopic (exact) mass is 321 g/mol. The van der Waals surface area contributed by atoms with Crippen LogP contribution in [-0.2, 0) is 10.0 Å². The molecule has 1 aliphatic heterocycles. The van der Waals surface area contributed by atoms with Crippen molar-refractivity contribution in [2.75, 3.05) is 21.9 Å². The maximum Gasteiger partial charge on any atom is 0.294 e. The number of sulfonamides is 1. The molecule has 3 rings (SSSR count). The lowest BCUT2D eigenvalue weighted by Gasteiger charge is -2.17. The van der Waals surface area contributed by atoms with Crippen LogP contribution in [-0.4, -0.2) is 31.8 Å². The van der Waals surface area contributed by atoms with E-state index in [1.54, 1.807) is 37.3 Å². The number of nitrogens with one attached hydrogen (secondary N) is 1. The molecule has 2 aromatic rings. The summed E-state index contributed by atoms with van der Waals surface area (Å²) in [4.78, 5) is 11.9. The summed E-state index contributed by atoms with van der Waals surface area (Å²) >= 11 is 0. The van der Waals surface area contributed by atoms with Gasteiger partial charge in [-0.25, -0.2) is 8.42 Å². The largest absolute Gasteiger partial charge is 0.351 e. The van der Waals surface area contributed by atoms with E-state index in [1.807, 2.05) is 0 Å². The summed E-state index contributed by atoms with van der Waals surface area (Å²) in [7, 11) is -3.19. The Hall–Kier alpha value is -2.35. The Bertz CT molecular complexity index is 796. The van der Waals surface area contributed by atoms with E-state index in [2.05, 4.69) is 10.5 Å². The maximum absolute atomic E-state index is 11.9. The highest BCUT2D eigenvalue weighted by molar-refractivity contribution is 7.93. The Labute approximate surface area is 128 Å². The van der Waals surface area contributed by atoms with Gasteiger partial charge in [-0.1, -0.05) is 5.16 Å². The average molecular weight is 321 g/mol. The van der Waals surface area contributed by atoms with E-state index >= 15 is 0 Å².